The topological polar surface area (TPSA) is 84.2 Å². The molecule has 8 heteroatoms. The minimum absolute atomic E-state index is 0.0769. The summed E-state index contributed by atoms with van der Waals surface area (Å²) in [5, 5.41) is 8.94. The first-order valence-electron chi connectivity index (χ1n) is 5.19. The Hall–Kier alpha value is -0.630. The van der Waals surface area contributed by atoms with Gasteiger partial charge >= 0.3 is 0 Å². The average Bonchev–Trinajstić information content (AvgIpc) is 2.55. The molecule has 1 unspecified atom stereocenters. The summed E-state index contributed by atoms with van der Waals surface area (Å²) in [5.41, 5.74) is 0. The Morgan fingerprint density at radius 3 is 2.76 bits per heavy atom. The van der Waals surface area contributed by atoms with E-state index in [4.69, 9.17) is 16.7 Å². The fourth-order valence-corrected chi connectivity index (χ4v) is 2.75. The highest BCUT2D eigenvalue weighted by Gasteiger charge is 2.21. The van der Waals surface area contributed by atoms with E-state index in [0.717, 1.165) is 0 Å². The van der Waals surface area contributed by atoms with Gasteiger partial charge in [-0.15, -0.1) is 0 Å². The largest absolute Gasteiger partial charge is 0.393 e. The van der Waals surface area contributed by atoms with Gasteiger partial charge < -0.3 is 9.67 Å². The van der Waals surface area contributed by atoms with Crippen LogP contribution in [0.25, 0.3) is 0 Å². The van der Waals surface area contributed by atoms with E-state index in [1.165, 1.54) is 10.9 Å². The van der Waals surface area contributed by atoms with Crippen molar-refractivity contribution in [1.82, 2.24) is 14.3 Å². The number of imidazole rings is 1. The zero-order valence-corrected chi connectivity index (χ0v) is 11.3. The predicted octanol–water partition coefficient (Wildman–Crippen LogP) is 0.513. The number of sulfonamides is 1. The fourth-order valence-electron chi connectivity index (χ4n) is 1.25. The molecular formula is C9H16ClN3O3S. The van der Waals surface area contributed by atoms with Crippen molar-refractivity contribution in [1.29, 1.82) is 0 Å². The van der Waals surface area contributed by atoms with Crippen LogP contribution in [0.3, 0.4) is 0 Å². The first-order valence-corrected chi connectivity index (χ1v) is 7.05. The smallest absolute Gasteiger partial charge is 0.261 e. The first-order chi connectivity index (χ1) is 7.84. The van der Waals surface area contributed by atoms with Crippen LogP contribution in [-0.2, 0) is 17.1 Å². The lowest BCUT2D eigenvalue weighted by Crippen LogP contribution is -2.26. The average molecular weight is 282 g/mol. The van der Waals surface area contributed by atoms with Gasteiger partial charge in [-0.3, -0.25) is 0 Å². The number of hydrogen-bond acceptors (Lipinski definition) is 4. The fraction of sp³-hybridized carbons (Fsp3) is 0.667. The van der Waals surface area contributed by atoms with Crippen molar-refractivity contribution in [2.75, 3.05) is 6.54 Å². The molecule has 1 aromatic heterocycles. The first kappa shape index (κ1) is 14.4. The summed E-state index contributed by atoms with van der Waals surface area (Å²) in [7, 11) is -2.05. The normalized spacial score (nSPS) is 13.9. The van der Waals surface area contributed by atoms with E-state index in [9.17, 15) is 8.42 Å². The summed E-state index contributed by atoms with van der Waals surface area (Å²) in [4.78, 5) is 3.73. The van der Waals surface area contributed by atoms with Gasteiger partial charge in [-0.1, -0.05) is 11.6 Å². The van der Waals surface area contributed by atoms with Gasteiger partial charge in [0.25, 0.3) is 10.0 Å². The Balaban J connectivity index is 2.61. The van der Waals surface area contributed by atoms with E-state index in [1.54, 1.807) is 14.0 Å². The number of rotatable bonds is 6. The summed E-state index contributed by atoms with van der Waals surface area (Å²) in [6.45, 7) is 1.91. The molecule has 0 amide bonds. The van der Waals surface area contributed by atoms with Crippen molar-refractivity contribution in [2.24, 2.45) is 7.05 Å². The van der Waals surface area contributed by atoms with Crippen LogP contribution in [0.2, 0.25) is 5.15 Å². The SMILES string of the molecule is CC(O)CCCNS(=O)(=O)c1ncn(C)c1Cl. The lowest BCUT2D eigenvalue weighted by atomic mass is 10.2. The quantitative estimate of drug-likeness (QED) is 0.744. The van der Waals surface area contributed by atoms with E-state index in [1.807, 2.05) is 0 Å². The van der Waals surface area contributed by atoms with Gasteiger partial charge in [0, 0.05) is 13.6 Å². The molecule has 0 fully saturated rings. The van der Waals surface area contributed by atoms with E-state index in [-0.39, 0.29) is 16.7 Å². The molecule has 0 aliphatic carbocycles. The molecule has 1 aromatic rings. The van der Waals surface area contributed by atoms with Crippen molar-refractivity contribution in [2.45, 2.75) is 30.9 Å². The van der Waals surface area contributed by atoms with Crippen LogP contribution in [0.5, 0.6) is 0 Å². The molecule has 0 saturated carbocycles. The molecule has 2 N–H and O–H groups in total. The molecule has 1 atom stereocenters. The molecule has 0 radical (unpaired) electrons. The highest BCUT2D eigenvalue weighted by Crippen LogP contribution is 2.18. The van der Waals surface area contributed by atoms with Crippen LogP contribution in [0.1, 0.15) is 19.8 Å². The Kier molecular flexibility index (Phi) is 4.93. The minimum Gasteiger partial charge on any atom is -0.393 e. The van der Waals surface area contributed by atoms with Gasteiger partial charge in [-0.05, 0) is 19.8 Å². The molecule has 6 nitrogen and oxygen atoms in total. The van der Waals surface area contributed by atoms with E-state index in [0.29, 0.717) is 12.8 Å². The van der Waals surface area contributed by atoms with Crippen LogP contribution < -0.4 is 4.72 Å². The number of hydrogen-bond donors (Lipinski definition) is 2. The third kappa shape index (κ3) is 3.95. The molecule has 1 rings (SSSR count). The maximum absolute atomic E-state index is 11.8. The highest BCUT2D eigenvalue weighted by molar-refractivity contribution is 7.89. The number of aliphatic hydroxyl groups is 1. The van der Waals surface area contributed by atoms with Gasteiger partial charge in [-0.25, -0.2) is 18.1 Å². The Labute approximate surface area is 106 Å². The summed E-state index contributed by atoms with van der Waals surface area (Å²) >= 11 is 5.80. The molecular weight excluding hydrogens is 266 g/mol. The minimum atomic E-state index is -3.66. The molecule has 0 aliphatic heterocycles. The lowest BCUT2D eigenvalue weighted by molar-refractivity contribution is 0.182. The highest BCUT2D eigenvalue weighted by atomic mass is 35.5. The van der Waals surface area contributed by atoms with E-state index < -0.39 is 16.1 Å². The van der Waals surface area contributed by atoms with Gasteiger partial charge in [0.05, 0.1) is 12.4 Å². The number of aliphatic hydroxyl groups excluding tert-OH is 1. The maximum atomic E-state index is 11.8. The summed E-state index contributed by atoms with van der Waals surface area (Å²) in [5.74, 6) is 0. The molecule has 0 spiro atoms. The standard InChI is InChI=1S/C9H16ClN3O3S/c1-7(14)4-3-5-12-17(15,16)9-8(10)13(2)6-11-9/h6-7,12,14H,3-5H2,1-2H3. The van der Waals surface area contributed by atoms with Crippen LogP contribution in [-0.4, -0.2) is 35.7 Å². The number of aryl methyl sites for hydroxylation is 1. The van der Waals surface area contributed by atoms with Gasteiger partial charge in [0.1, 0.15) is 5.15 Å². The summed E-state index contributed by atoms with van der Waals surface area (Å²) in [6, 6.07) is 0. The predicted molar refractivity (Wildman–Crippen MR) is 64.3 cm³/mol. The van der Waals surface area contributed by atoms with Gasteiger partial charge in [0.2, 0.25) is 5.03 Å². The Morgan fingerprint density at radius 2 is 2.29 bits per heavy atom. The zero-order chi connectivity index (χ0) is 13.1. The lowest BCUT2D eigenvalue weighted by Gasteiger charge is -2.06. The molecule has 0 bridgehead atoms. The summed E-state index contributed by atoms with van der Waals surface area (Å²) in [6.07, 6.45) is 2.00. The van der Waals surface area contributed by atoms with Crippen LogP contribution in [0, 0.1) is 0 Å². The monoisotopic (exact) mass is 281 g/mol. The van der Waals surface area contributed by atoms with E-state index >= 15 is 0 Å². The molecule has 1 heterocycles. The zero-order valence-electron chi connectivity index (χ0n) is 9.72. The van der Waals surface area contributed by atoms with Crippen molar-refractivity contribution in [3.8, 4) is 0 Å². The third-order valence-electron chi connectivity index (χ3n) is 2.18. The molecule has 98 valence electrons. The molecule has 0 saturated heterocycles. The Morgan fingerprint density at radius 1 is 1.65 bits per heavy atom. The summed E-state index contributed by atoms with van der Waals surface area (Å²) < 4.78 is 27.4. The second-order valence-electron chi connectivity index (χ2n) is 3.84. The van der Waals surface area contributed by atoms with Crippen LogP contribution >= 0.6 is 11.6 Å². The van der Waals surface area contributed by atoms with Gasteiger partial charge in [-0.2, -0.15) is 0 Å². The van der Waals surface area contributed by atoms with Crippen LogP contribution in [0.15, 0.2) is 11.4 Å². The van der Waals surface area contributed by atoms with Crippen molar-refractivity contribution >= 4 is 21.6 Å². The second kappa shape index (κ2) is 5.81. The molecule has 0 aromatic carbocycles. The number of aromatic nitrogens is 2. The maximum Gasteiger partial charge on any atom is 0.261 e. The van der Waals surface area contributed by atoms with Crippen molar-refractivity contribution < 1.29 is 13.5 Å². The second-order valence-corrected chi connectivity index (χ2v) is 5.88. The third-order valence-corrected chi connectivity index (χ3v) is 4.13. The van der Waals surface area contributed by atoms with Crippen molar-refractivity contribution in [3.63, 3.8) is 0 Å². The molecule has 0 aliphatic rings. The number of halogens is 1. The number of nitrogens with zero attached hydrogens (tertiary/aromatic N) is 2. The van der Waals surface area contributed by atoms with E-state index in [2.05, 4.69) is 9.71 Å². The van der Waals surface area contributed by atoms with Crippen LogP contribution in [0.4, 0.5) is 0 Å². The number of nitrogens with one attached hydrogen (secondary N) is 1. The molecule has 17 heavy (non-hydrogen) atoms. The van der Waals surface area contributed by atoms with Gasteiger partial charge in [0.15, 0.2) is 0 Å². The van der Waals surface area contributed by atoms with Crippen molar-refractivity contribution in [3.05, 3.63) is 11.5 Å². The Bertz CT molecular complexity index is 470.